The van der Waals surface area contributed by atoms with E-state index in [1.54, 1.807) is 44.2 Å². The van der Waals surface area contributed by atoms with Gasteiger partial charge in [-0.05, 0) is 62.6 Å². The Labute approximate surface area is 241 Å². The fourth-order valence-electron chi connectivity index (χ4n) is 4.66. The SMILES string of the molecule is CC.Cc1ccc(Nc2c3c(=O)n(C4CC4)c(=O)n(-c4cccc(N=C(N)N(C)C#N)c4)c3c(C)c(=O)n2C)c(F)c1. The van der Waals surface area contributed by atoms with Crippen molar-refractivity contribution in [1.82, 2.24) is 18.6 Å². The zero-order chi connectivity index (χ0) is 30.9. The van der Waals surface area contributed by atoms with Crippen LogP contribution in [-0.2, 0) is 7.05 Å². The number of rotatable bonds is 5. The Bertz CT molecular complexity index is 1940. The molecule has 11 nitrogen and oxygen atoms in total. The molecule has 1 saturated carbocycles. The molecule has 2 aromatic carbocycles. The first-order valence-corrected chi connectivity index (χ1v) is 13.6. The summed E-state index contributed by atoms with van der Waals surface area (Å²) in [5, 5.41) is 12.1. The second-order valence-corrected chi connectivity index (χ2v) is 9.84. The first kappa shape index (κ1) is 29.8. The number of fused-ring (bicyclic) bond motifs is 1. The summed E-state index contributed by atoms with van der Waals surface area (Å²) in [4.78, 5) is 46.6. The normalized spacial score (nSPS) is 12.9. The van der Waals surface area contributed by atoms with Crippen LogP contribution in [-0.4, -0.2) is 31.6 Å². The number of benzene rings is 2. The van der Waals surface area contributed by atoms with Gasteiger partial charge in [0.05, 0.1) is 22.6 Å². The quantitative estimate of drug-likeness (QED) is 0.159. The molecule has 42 heavy (non-hydrogen) atoms. The van der Waals surface area contributed by atoms with Crippen LogP contribution < -0.4 is 27.9 Å². The van der Waals surface area contributed by atoms with Crippen LogP contribution in [0.2, 0.25) is 0 Å². The van der Waals surface area contributed by atoms with Crippen molar-refractivity contribution >= 4 is 34.1 Å². The molecule has 2 heterocycles. The summed E-state index contributed by atoms with van der Waals surface area (Å²) in [5.41, 5.74) is 6.00. The molecule has 218 valence electrons. The molecule has 5 rings (SSSR count). The number of nitrogens with one attached hydrogen (secondary N) is 1. The lowest BCUT2D eigenvalue weighted by molar-refractivity contribution is 0.630. The van der Waals surface area contributed by atoms with Crippen LogP contribution in [0.25, 0.3) is 16.6 Å². The van der Waals surface area contributed by atoms with Crippen molar-refractivity contribution in [2.45, 2.75) is 46.6 Å². The van der Waals surface area contributed by atoms with E-state index in [4.69, 9.17) is 11.0 Å². The summed E-state index contributed by atoms with van der Waals surface area (Å²) in [7, 11) is 2.94. The minimum atomic E-state index is -0.605. The maximum Gasteiger partial charge on any atom is 0.336 e. The first-order chi connectivity index (χ1) is 20.0. The number of hydrogen-bond acceptors (Lipinski definition) is 6. The third-order valence-corrected chi connectivity index (χ3v) is 6.96. The number of aliphatic imine (C=N–C) groups is 1. The largest absolute Gasteiger partial charge is 0.369 e. The van der Waals surface area contributed by atoms with E-state index >= 15 is 0 Å². The van der Waals surface area contributed by atoms with Gasteiger partial charge in [0.25, 0.3) is 11.1 Å². The minimum absolute atomic E-state index is 0.0588. The second kappa shape index (κ2) is 11.7. The average molecular weight is 573 g/mol. The summed E-state index contributed by atoms with van der Waals surface area (Å²) in [6.07, 6.45) is 3.17. The predicted molar refractivity (Wildman–Crippen MR) is 162 cm³/mol. The van der Waals surface area contributed by atoms with E-state index < -0.39 is 22.6 Å². The molecule has 12 heteroatoms. The number of nitrogens with zero attached hydrogens (tertiary/aromatic N) is 6. The Morgan fingerprint density at radius 2 is 1.81 bits per heavy atom. The van der Waals surface area contributed by atoms with Gasteiger partial charge in [-0.3, -0.25) is 28.2 Å². The van der Waals surface area contributed by atoms with Gasteiger partial charge in [0, 0.05) is 25.7 Å². The molecule has 1 aliphatic rings. The number of pyridine rings is 1. The van der Waals surface area contributed by atoms with Crippen LogP contribution in [0.1, 0.15) is 43.9 Å². The Morgan fingerprint density at radius 3 is 2.43 bits per heavy atom. The van der Waals surface area contributed by atoms with Crippen LogP contribution in [0.4, 0.5) is 21.6 Å². The third kappa shape index (κ3) is 5.28. The van der Waals surface area contributed by atoms with Crippen molar-refractivity contribution in [1.29, 1.82) is 5.26 Å². The van der Waals surface area contributed by atoms with Crippen LogP contribution >= 0.6 is 0 Å². The highest BCUT2D eigenvalue weighted by atomic mass is 19.1. The van der Waals surface area contributed by atoms with Gasteiger partial charge in [0.2, 0.25) is 5.96 Å². The summed E-state index contributed by atoms with van der Waals surface area (Å²) in [6.45, 7) is 7.29. The Balaban J connectivity index is 0.00000198. The molecule has 1 aliphatic carbocycles. The lowest BCUT2D eigenvalue weighted by Gasteiger charge is -2.21. The molecule has 0 saturated heterocycles. The van der Waals surface area contributed by atoms with Crippen molar-refractivity contribution < 1.29 is 4.39 Å². The smallest absolute Gasteiger partial charge is 0.336 e. The highest BCUT2D eigenvalue weighted by Gasteiger charge is 2.31. The van der Waals surface area contributed by atoms with Gasteiger partial charge in [-0.15, -0.1) is 0 Å². The second-order valence-electron chi connectivity index (χ2n) is 9.84. The van der Waals surface area contributed by atoms with Crippen molar-refractivity contribution in [2.24, 2.45) is 17.8 Å². The molecule has 0 amide bonds. The van der Waals surface area contributed by atoms with Gasteiger partial charge in [0.1, 0.15) is 17.0 Å². The topological polar surface area (TPSA) is 143 Å². The van der Waals surface area contributed by atoms with Crippen LogP contribution in [0.15, 0.2) is 61.8 Å². The van der Waals surface area contributed by atoms with Gasteiger partial charge in [-0.25, -0.2) is 14.2 Å². The number of hydrogen-bond donors (Lipinski definition) is 2. The maximum absolute atomic E-state index is 14.9. The molecule has 0 unspecified atom stereocenters. The van der Waals surface area contributed by atoms with Gasteiger partial charge in [0.15, 0.2) is 6.19 Å². The molecule has 0 spiro atoms. The lowest BCUT2D eigenvalue weighted by atomic mass is 10.1. The summed E-state index contributed by atoms with van der Waals surface area (Å²) in [5.74, 6) is -0.547. The predicted octanol–water partition coefficient (Wildman–Crippen LogP) is 4.07. The lowest BCUT2D eigenvalue weighted by Crippen LogP contribution is -2.41. The van der Waals surface area contributed by atoms with E-state index in [0.717, 1.165) is 4.90 Å². The zero-order valence-corrected chi connectivity index (χ0v) is 24.4. The van der Waals surface area contributed by atoms with Gasteiger partial charge in [-0.2, -0.15) is 5.26 Å². The summed E-state index contributed by atoms with van der Waals surface area (Å²) in [6, 6.07) is 10.8. The van der Waals surface area contributed by atoms with Gasteiger partial charge in [-0.1, -0.05) is 26.0 Å². The van der Waals surface area contributed by atoms with Gasteiger partial charge >= 0.3 is 5.69 Å². The van der Waals surface area contributed by atoms with Crippen molar-refractivity contribution in [3.05, 3.63) is 90.6 Å². The highest BCUT2D eigenvalue weighted by molar-refractivity contribution is 5.94. The van der Waals surface area contributed by atoms with Crippen LogP contribution in [0.5, 0.6) is 0 Å². The molecule has 1 fully saturated rings. The number of nitrogens with two attached hydrogens (primary N) is 1. The van der Waals surface area contributed by atoms with E-state index in [0.29, 0.717) is 29.8 Å². The van der Waals surface area contributed by atoms with Crippen LogP contribution in [0.3, 0.4) is 0 Å². The van der Waals surface area contributed by atoms with E-state index in [9.17, 15) is 18.8 Å². The highest BCUT2D eigenvalue weighted by Crippen LogP contribution is 2.34. The van der Waals surface area contributed by atoms with E-state index in [-0.39, 0.29) is 40.0 Å². The fourth-order valence-corrected chi connectivity index (χ4v) is 4.66. The van der Waals surface area contributed by atoms with Crippen molar-refractivity contribution in [3.63, 3.8) is 0 Å². The number of guanidine groups is 1. The van der Waals surface area contributed by atoms with E-state index in [1.807, 2.05) is 20.0 Å². The molecule has 4 aromatic rings. The molecule has 2 aromatic heterocycles. The number of nitriles is 1. The molecular weight excluding hydrogens is 539 g/mol. The molecule has 0 aliphatic heterocycles. The Hall–Kier alpha value is -5.18. The molecule has 0 bridgehead atoms. The van der Waals surface area contributed by atoms with E-state index in [2.05, 4.69) is 10.3 Å². The Morgan fingerprint density at radius 1 is 1.12 bits per heavy atom. The summed E-state index contributed by atoms with van der Waals surface area (Å²) >= 11 is 0. The maximum atomic E-state index is 14.9. The number of halogens is 1. The van der Waals surface area contributed by atoms with Crippen molar-refractivity contribution in [3.8, 4) is 11.9 Å². The molecule has 0 radical (unpaired) electrons. The van der Waals surface area contributed by atoms with Gasteiger partial charge < -0.3 is 11.1 Å². The standard InChI is InChI=1S/C28H27FN8O3.C2H6/c1-15-8-11-21(20(29)12-15)33-24-22-23(16(2)25(38)35(24)4)36(28(40)37(26(22)39)18-9-10-18)19-7-5-6-17(13-19)32-27(31)34(3)14-30;1-2/h5-8,11-13,18,33H,9-10H2,1-4H3,(H2,31,32);1-2H3. The molecular formula is C30H33FN8O3. The zero-order valence-electron chi connectivity index (χ0n) is 24.4. The van der Waals surface area contributed by atoms with E-state index in [1.165, 1.54) is 39.9 Å². The average Bonchev–Trinajstić information content (AvgIpc) is 3.81. The number of anilines is 2. The Kier molecular flexibility index (Phi) is 8.33. The minimum Gasteiger partial charge on any atom is -0.369 e. The first-order valence-electron chi connectivity index (χ1n) is 13.6. The number of aryl methyl sites for hydroxylation is 2. The van der Waals surface area contributed by atoms with Crippen molar-refractivity contribution in [2.75, 3.05) is 12.4 Å². The number of aromatic nitrogens is 3. The monoisotopic (exact) mass is 572 g/mol. The van der Waals surface area contributed by atoms with Crippen LogP contribution in [0, 0.1) is 31.1 Å². The fraction of sp³-hybridized carbons (Fsp3) is 0.300. The molecule has 3 N–H and O–H groups in total. The molecule has 0 atom stereocenters. The third-order valence-electron chi connectivity index (χ3n) is 6.96. The summed E-state index contributed by atoms with van der Waals surface area (Å²) < 4.78 is 18.6.